The lowest BCUT2D eigenvalue weighted by Gasteiger charge is -2.33. The average Bonchev–Trinajstić information content (AvgIpc) is 3.38. The minimum Gasteiger partial charge on any atom is -0.497 e. The average molecular weight is 480 g/mol. The number of hydrogen-bond acceptors (Lipinski definition) is 6. The number of carbonyl (C=O) groups excluding carboxylic acids is 1. The molecule has 1 saturated heterocycles. The Morgan fingerprint density at radius 2 is 2.06 bits per heavy atom. The maximum Gasteiger partial charge on any atom is 0.252 e. The fourth-order valence-electron chi connectivity index (χ4n) is 4.22. The molecule has 176 valence electrons. The van der Waals surface area contributed by atoms with Crippen LogP contribution >= 0.6 is 11.3 Å². The van der Waals surface area contributed by atoms with E-state index in [0.29, 0.717) is 30.1 Å². The van der Waals surface area contributed by atoms with E-state index in [1.165, 1.54) is 15.6 Å². The SMILES string of the molecule is CCN(CC)[C@@H](CNC(=O)[C@@H]1CCCN(S(=O)(=O)c2cccs2)C1)c1cccc(OC)c1. The zero-order chi connectivity index (χ0) is 23.1. The van der Waals surface area contributed by atoms with Crippen LogP contribution in [0.3, 0.4) is 0 Å². The molecule has 0 unspecified atom stereocenters. The molecule has 2 atom stereocenters. The quantitative estimate of drug-likeness (QED) is 0.565. The summed E-state index contributed by atoms with van der Waals surface area (Å²) in [6.45, 7) is 7.05. The number of ether oxygens (including phenoxy) is 1. The van der Waals surface area contributed by atoms with E-state index in [9.17, 15) is 13.2 Å². The van der Waals surface area contributed by atoms with Crippen molar-refractivity contribution in [2.75, 3.05) is 39.8 Å². The molecule has 2 aromatic rings. The Labute approximate surface area is 195 Å². The third kappa shape index (κ3) is 5.70. The molecule has 7 nitrogen and oxygen atoms in total. The van der Waals surface area contributed by atoms with E-state index < -0.39 is 10.0 Å². The normalized spacial score (nSPS) is 18.4. The first-order valence-electron chi connectivity index (χ1n) is 11.1. The Kier molecular flexibility index (Phi) is 8.70. The highest BCUT2D eigenvalue weighted by Gasteiger charge is 2.34. The van der Waals surface area contributed by atoms with Crippen LogP contribution in [0.2, 0.25) is 0 Å². The lowest BCUT2D eigenvalue weighted by Crippen LogP contribution is -2.47. The number of amides is 1. The van der Waals surface area contributed by atoms with Crippen molar-refractivity contribution in [1.82, 2.24) is 14.5 Å². The van der Waals surface area contributed by atoms with E-state index in [4.69, 9.17) is 4.74 Å². The molecule has 1 amide bonds. The maximum atomic E-state index is 13.0. The van der Waals surface area contributed by atoms with E-state index in [1.807, 2.05) is 24.3 Å². The molecule has 2 heterocycles. The maximum absolute atomic E-state index is 13.0. The molecular formula is C23H33N3O4S2. The summed E-state index contributed by atoms with van der Waals surface area (Å²) in [6, 6.07) is 11.3. The van der Waals surface area contributed by atoms with E-state index >= 15 is 0 Å². The molecule has 1 aromatic carbocycles. The molecule has 0 saturated carbocycles. The number of rotatable bonds is 10. The first-order chi connectivity index (χ1) is 15.4. The van der Waals surface area contributed by atoms with Gasteiger partial charge in [-0.2, -0.15) is 4.31 Å². The van der Waals surface area contributed by atoms with Crippen LogP contribution < -0.4 is 10.1 Å². The summed E-state index contributed by atoms with van der Waals surface area (Å²) in [4.78, 5) is 15.3. The van der Waals surface area contributed by atoms with Gasteiger partial charge in [0.2, 0.25) is 5.91 Å². The van der Waals surface area contributed by atoms with Crippen molar-refractivity contribution >= 4 is 27.3 Å². The number of piperidine rings is 1. The molecule has 32 heavy (non-hydrogen) atoms. The van der Waals surface area contributed by atoms with Crippen LogP contribution in [0.25, 0.3) is 0 Å². The summed E-state index contributed by atoms with van der Waals surface area (Å²) < 4.78 is 32.9. The van der Waals surface area contributed by atoms with Crippen molar-refractivity contribution in [3.8, 4) is 5.75 Å². The molecule has 0 spiro atoms. The zero-order valence-corrected chi connectivity index (χ0v) is 20.6. The van der Waals surface area contributed by atoms with Gasteiger partial charge >= 0.3 is 0 Å². The second kappa shape index (κ2) is 11.3. The van der Waals surface area contributed by atoms with Gasteiger partial charge in [0.15, 0.2) is 0 Å². The number of nitrogens with zero attached hydrogens (tertiary/aromatic N) is 2. The van der Waals surface area contributed by atoms with Crippen LogP contribution in [0, 0.1) is 5.92 Å². The summed E-state index contributed by atoms with van der Waals surface area (Å²) >= 11 is 1.21. The van der Waals surface area contributed by atoms with Crippen LogP contribution in [-0.4, -0.2) is 63.4 Å². The van der Waals surface area contributed by atoms with Gasteiger partial charge in [-0.15, -0.1) is 11.3 Å². The van der Waals surface area contributed by atoms with Crippen molar-refractivity contribution in [1.29, 1.82) is 0 Å². The standard InChI is InChI=1S/C23H33N3O4S2/c1-4-25(5-2)21(18-9-6-11-20(15-18)30-3)16-24-23(27)19-10-7-13-26(17-19)32(28,29)22-12-8-14-31-22/h6,8-9,11-12,14-15,19,21H,4-5,7,10,13,16-17H2,1-3H3,(H,24,27)/t19-,21+/m1/s1. The highest BCUT2D eigenvalue weighted by Crippen LogP contribution is 2.27. The number of sulfonamides is 1. The molecule has 3 rings (SSSR count). The van der Waals surface area contributed by atoms with E-state index in [2.05, 4.69) is 24.1 Å². The molecule has 9 heteroatoms. The Morgan fingerprint density at radius 1 is 1.28 bits per heavy atom. The lowest BCUT2D eigenvalue weighted by atomic mass is 9.98. The van der Waals surface area contributed by atoms with Gasteiger partial charge in [0.1, 0.15) is 9.96 Å². The van der Waals surface area contributed by atoms with Crippen LogP contribution in [0.15, 0.2) is 46.0 Å². The molecule has 0 bridgehead atoms. The van der Waals surface area contributed by atoms with Gasteiger partial charge in [0, 0.05) is 19.6 Å². The van der Waals surface area contributed by atoms with Crippen molar-refractivity contribution in [2.45, 2.75) is 36.9 Å². The summed E-state index contributed by atoms with van der Waals surface area (Å²) in [5.41, 5.74) is 1.08. The minimum absolute atomic E-state index is 0.0126. The van der Waals surface area contributed by atoms with Gasteiger partial charge in [-0.1, -0.05) is 32.0 Å². The van der Waals surface area contributed by atoms with E-state index in [1.54, 1.807) is 24.6 Å². The first kappa shape index (κ1) is 24.7. The molecule has 1 aliphatic rings. The van der Waals surface area contributed by atoms with Crippen LogP contribution in [0.4, 0.5) is 0 Å². The van der Waals surface area contributed by atoms with Gasteiger partial charge in [0.25, 0.3) is 10.0 Å². The van der Waals surface area contributed by atoms with Gasteiger partial charge in [-0.3, -0.25) is 9.69 Å². The Morgan fingerprint density at radius 3 is 2.72 bits per heavy atom. The number of hydrogen-bond donors (Lipinski definition) is 1. The van der Waals surface area contributed by atoms with E-state index in [-0.39, 0.29) is 24.4 Å². The third-order valence-electron chi connectivity index (χ3n) is 6.05. The van der Waals surface area contributed by atoms with Crippen molar-refractivity contribution in [2.24, 2.45) is 5.92 Å². The molecule has 1 fully saturated rings. The monoisotopic (exact) mass is 479 g/mol. The summed E-state index contributed by atoms with van der Waals surface area (Å²) in [5, 5.41) is 4.86. The lowest BCUT2D eigenvalue weighted by molar-refractivity contribution is -0.126. The molecule has 1 aromatic heterocycles. The summed E-state index contributed by atoms with van der Waals surface area (Å²) in [6.07, 6.45) is 1.37. The predicted octanol–water partition coefficient (Wildman–Crippen LogP) is 3.36. The third-order valence-corrected chi connectivity index (χ3v) is 9.28. The van der Waals surface area contributed by atoms with Gasteiger partial charge in [-0.25, -0.2) is 8.42 Å². The highest BCUT2D eigenvalue weighted by atomic mass is 32.2. The van der Waals surface area contributed by atoms with Crippen molar-refractivity contribution in [3.63, 3.8) is 0 Å². The molecule has 0 radical (unpaired) electrons. The minimum atomic E-state index is -3.54. The van der Waals surface area contributed by atoms with Crippen LogP contribution in [0.1, 0.15) is 38.3 Å². The molecule has 1 aliphatic heterocycles. The number of nitrogens with one attached hydrogen (secondary N) is 1. The number of carbonyl (C=O) groups is 1. The fourth-order valence-corrected chi connectivity index (χ4v) is 6.89. The number of benzene rings is 1. The smallest absolute Gasteiger partial charge is 0.252 e. The Balaban J connectivity index is 1.69. The molecule has 0 aliphatic carbocycles. The Hall–Kier alpha value is -1.94. The molecule has 1 N–H and O–H groups in total. The second-order valence-electron chi connectivity index (χ2n) is 7.89. The topological polar surface area (TPSA) is 79.0 Å². The molecular weight excluding hydrogens is 446 g/mol. The number of methoxy groups -OCH3 is 1. The largest absolute Gasteiger partial charge is 0.497 e. The summed E-state index contributed by atoms with van der Waals surface area (Å²) in [5.74, 6) is 0.352. The van der Waals surface area contributed by atoms with E-state index in [0.717, 1.165) is 24.4 Å². The number of likely N-dealkylation sites (N-methyl/N-ethyl adjacent to an activating group) is 1. The van der Waals surface area contributed by atoms with Crippen molar-refractivity contribution in [3.05, 3.63) is 47.3 Å². The Bertz CT molecular complexity index is 975. The van der Waals surface area contributed by atoms with Gasteiger partial charge in [-0.05, 0) is 55.1 Å². The number of thiophene rings is 1. The summed E-state index contributed by atoms with van der Waals surface area (Å²) in [7, 11) is -1.89. The highest BCUT2D eigenvalue weighted by molar-refractivity contribution is 7.91. The second-order valence-corrected chi connectivity index (χ2v) is 11.0. The van der Waals surface area contributed by atoms with Crippen LogP contribution in [-0.2, 0) is 14.8 Å². The van der Waals surface area contributed by atoms with Crippen molar-refractivity contribution < 1.29 is 17.9 Å². The van der Waals surface area contributed by atoms with Gasteiger partial charge < -0.3 is 10.1 Å². The van der Waals surface area contributed by atoms with Gasteiger partial charge in [0.05, 0.1) is 19.1 Å². The van der Waals surface area contributed by atoms with Crippen LogP contribution in [0.5, 0.6) is 5.75 Å². The first-order valence-corrected chi connectivity index (χ1v) is 13.4. The predicted molar refractivity (Wildman–Crippen MR) is 127 cm³/mol. The zero-order valence-electron chi connectivity index (χ0n) is 19.0. The fraction of sp³-hybridized carbons (Fsp3) is 0.522.